The van der Waals surface area contributed by atoms with Gasteiger partial charge in [-0.15, -0.1) is 18.3 Å². The Bertz CT molecular complexity index is 1500. The molecular weight excluding hydrogens is 535 g/mol. The number of primary sulfonamides is 1. The molecule has 192 valence electrons. The van der Waals surface area contributed by atoms with Crippen LogP contribution in [-0.2, 0) is 15.8 Å². The van der Waals surface area contributed by atoms with Crippen molar-refractivity contribution >= 4 is 33.4 Å². The summed E-state index contributed by atoms with van der Waals surface area (Å²) in [6, 6.07) is 11.7. The number of ether oxygens (including phenoxy) is 1. The Labute approximate surface area is 211 Å². The summed E-state index contributed by atoms with van der Waals surface area (Å²) in [5.41, 5.74) is 0.823. The van der Waals surface area contributed by atoms with Crippen molar-refractivity contribution in [2.45, 2.75) is 22.2 Å². The Morgan fingerprint density at radius 3 is 2.30 bits per heavy atom. The first kappa shape index (κ1) is 26.1. The SMILES string of the molecule is NS(=O)(=O)c1ccc(NC(=O)c2nnn(-c3ccc(OC(F)(F)F)cc3)c2CSc2ncccn2)cc1. The van der Waals surface area contributed by atoms with Crippen LogP contribution in [0.2, 0.25) is 0 Å². The zero-order valence-electron chi connectivity index (χ0n) is 18.5. The van der Waals surface area contributed by atoms with Crippen LogP contribution in [0.1, 0.15) is 16.2 Å². The molecule has 0 aliphatic heterocycles. The number of alkyl halides is 3. The minimum absolute atomic E-state index is 0.0745. The molecule has 0 aliphatic rings. The van der Waals surface area contributed by atoms with E-state index in [2.05, 4.69) is 30.3 Å². The van der Waals surface area contributed by atoms with Crippen LogP contribution < -0.4 is 15.2 Å². The molecule has 0 fully saturated rings. The van der Waals surface area contributed by atoms with Gasteiger partial charge in [0, 0.05) is 23.8 Å². The number of nitrogens with one attached hydrogen (secondary N) is 1. The molecule has 0 atom stereocenters. The number of hydrogen-bond donors (Lipinski definition) is 2. The van der Waals surface area contributed by atoms with Crippen LogP contribution in [0.25, 0.3) is 5.69 Å². The van der Waals surface area contributed by atoms with Crippen LogP contribution >= 0.6 is 11.8 Å². The largest absolute Gasteiger partial charge is 0.573 e. The minimum Gasteiger partial charge on any atom is -0.406 e. The molecule has 16 heteroatoms. The second kappa shape index (κ2) is 10.5. The van der Waals surface area contributed by atoms with Crippen molar-refractivity contribution < 1.29 is 31.1 Å². The second-order valence-corrected chi connectivity index (χ2v) is 9.69. The Hall–Kier alpha value is -4.02. The summed E-state index contributed by atoms with van der Waals surface area (Å²) in [6.07, 6.45) is -1.75. The number of thioether (sulfide) groups is 1. The highest BCUT2D eigenvalue weighted by atomic mass is 32.2. The Morgan fingerprint density at radius 2 is 1.70 bits per heavy atom. The summed E-state index contributed by atoms with van der Waals surface area (Å²) in [7, 11) is -3.91. The molecule has 11 nitrogen and oxygen atoms in total. The molecule has 2 heterocycles. The predicted molar refractivity (Wildman–Crippen MR) is 125 cm³/mol. The van der Waals surface area contributed by atoms with Gasteiger partial charge >= 0.3 is 6.36 Å². The van der Waals surface area contributed by atoms with Crippen molar-refractivity contribution in [1.29, 1.82) is 0 Å². The molecule has 0 spiro atoms. The second-order valence-electron chi connectivity index (χ2n) is 7.18. The number of nitrogens with two attached hydrogens (primary N) is 1. The number of anilines is 1. The maximum atomic E-state index is 13.0. The molecule has 0 bridgehead atoms. The quantitative estimate of drug-likeness (QED) is 0.248. The van der Waals surface area contributed by atoms with Gasteiger partial charge in [0.2, 0.25) is 10.0 Å². The normalized spacial score (nSPS) is 11.8. The topological polar surface area (TPSA) is 155 Å². The number of benzene rings is 2. The Morgan fingerprint density at radius 1 is 1.05 bits per heavy atom. The number of aromatic nitrogens is 5. The van der Waals surface area contributed by atoms with Gasteiger partial charge in [0.1, 0.15) is 5.75 Å². The van der Waals surface area contributed by atoms with Crippen molar-refractivity contribution in [3.63, 3.8) is 0 Å². The number of halogens is 3. The summed E-state index contributed by atoms with van der Waals surface area (Å²) < 4.78 is 65.6. The summed E-state index contributed by atoms with van der Waals surface area (Å²) in [5.74, 6) is -0.952. The lowest BCUT2D eigenvalue weighted by Crippen LogP contribution is -2.17. The van der Waals surface area contributed by atoms with Crippen LogP contribution in [0.3, 0.4) is 0 Å². The molecule has 2 aromatic carbocycles. The van der Waals surface area contributed by atoms with Crippen molar-refractivity contribution in [3.8, 4) is 11.4 Å². The Kier molecular flexibility index (Phi) is 7.42. The maximum absolute atomic E-state index is 13.0. The number of hydrogen-bond acceptors (Lipinski definition) is 9. The number of rotatable bonds is 8. The first-order valence-electron chi connectivity index (χ1n) is 10.1. The molecule has 0 saturated carbocycles. The molecule has 0 saturated heterocycles. The fraction of sp³-hybridized carbons (Fsp3) is 0.0952. The van der Waals surface area contributed by atoms with E-state index in [-0.39, 0.29) is 22.0 Å². The average molecular weight is 552 g/mol. The van der Waals surface area contributed by atoms with E-state index in [1.165, 1.54) is 52.8 Å². The third-order valence-corrected chi connectivity index (χ3v) is 6.43. The number of sulfonamides is 1. The standard InChI is InChI=1S/C21H16F3N7O4S2/c22-21(23,24)35-15-6-4-14(5-7-15)31-17(12-36-20-26-10-1-11-27-20)18(29-30-31)19(32)28-13-2-8-16(9-3-13)37(25,33)34/h1-11H,12H2,(H,28,32)(H2,25,33,34). The molecule has 2 aromatic heterocycles. The lowest BCUT2D eigenvalue weighted by molar-refractivity contribution is -0.274. The maximum Gasteiger partial charge on any atom is 0.573 e. The first-order valence-corrected chi connectivity index (χ1v) is 12.7. The molecule has 3 N–H and O–H groups in total. The van der Waals surface area contributed by atoms with Gasteiger partial charge in [0.05, 0.1) is 16.3 Å². The smallest absolute Gasteiger partial charge is 0.406 e. The summed E-state index contributed by atoms with van der Waals surface area (Å²) in [6.45, 7) is 0. The van der Waals surface area contributed by atoms with Gasteiger partial charge in [-0.25, -0.2) is 28.2 Å². The fourth-order valence-corrected chi connectivity index (χ4v) is 4.33. The monoisotopic (exact) mass is 551 g/mol. The van der Waals surface area contributed by atoms with Gasteiger partial charge in [-0.05, 0) is 54.6 Å². The van der Waals surface area contributed by atoms with Crippen LogP contribution in [-0.4, -0.2) is 45.6 Å². The van der Waals surface area contributed by atoms with E-state index >= 15 is 0 Å². The van der Waals surface area contributed by atoms with Crippen LogP contribution in [0, 0.1) is 0 Å². The molecule has 4 aromatic rings. The Balaban J connectivity index is 1.62. The van der Waals surface area contributed by atoms with E-state index in [4.69, 9.17) is 5.14 Å². The van der Waals surface area contributed by atoms with Crippen molar-refractivity contribution in [2.24, 2.45) is 5.14 Å². The van der Waals surface area contributed by atoms with E-state index < -0.39 is 28.0 Å². The van der Waals surface area contributed by atoms with E-state index in [0.29, 0.717) is 16.5 Å². The summed E-state index contributed by atoms with van der Waals surface area (Å²) in [4.78, 5) is 21.1. The summed E-state index contributed by atoms with van der Waals surface area (Å²) >= 11 is 1.18. The molecule has 0 aliphatic carbocycles. The summed E-state index contributed by atoms with van der Waals surface area (Å²) in [5, 5.41) is 16.1. The van der Waals surface area contributed by atoms with Gasteiger partial charge in [-0.1, -0.05) is 17.0 Å². The highest BCUT2D eigenvalue weighted by Gasteiger charge is 2.31. The number of carbonyl (C=O) groups is 1. The minimum atomic E-state index is -4.84. The lowest BCUT2D eigenvalue weighted by Gasteiger charge is -2.11. The van der Waals surface area contributed by atoms with E-state index in [1.54, 1.807) is 18.5 Å². The molecule has 0 radical (unpaired) electrons. The highest BCUT2D eigenvalue weighted by molar-refractivity contribution is 7.98. The molecule has 1 amide bonds. The fourth-order valence-electron chi connectivity index (χ4n) is 3.02. The van der Waals surface area contributed by atoms with E-state index in [9.17, 15) is 26.4 Å². The van der Waals surface area contributed by atoms with Crippen molar-refractivity contribution in [3.05, 3.63) is 78.4 Å². The molecule has 4 rings (SSSR count). The third-order valence-electron chi connectivity index (χ3n) is 4.61. The van der Waals surface area contributed by atoms with Crippen LogP contribution in [0.4, 0.5) is 18.9 Å². The van der Waals surface area contributed by atoms with E-state index in [0.717, 1.165) is 12.1 Å². The first-order chi connectivity index (χ1) is 17.5. The van der Waals surface area contributed by atoms with Crippen LogP contribution in [0.15, 0.2) is 77.0 Å². The molecule has 37 heavy (non-hydrogen) atoms. The zero-order chi connectivity index (χ0) is 26.6. The zero-order valence-corrected chi connectivity index (χ0v) is 20.1. The molecular formula is C21H16F3N7O4S2. The average Bonchev–Trinajstić information content (AvgIpc) is 3.27. The van der Waals surface area contributed by atoms with E-state index in [1.807, 2.05) is 0 Å². The van der Waals surface area contributed by atoms with Crippen LogP contribution in [0.5, 0.6) is 5.75 Å². The highest BCUT2D eigenvalue weighted by Crippen LogP contribution is 2.26. The van der Waals surface area contributed by atoms with Gasteiger partial charge in [-0.3, -0.25) is 4.79 Å². The number of nitrogens with zero attached hydrogens (tertiary/aromatic N) is 5. The van der Waals surface area contributed by atoms with Gasteiger partial charge in [0.25, 0.3) is 5.91 Å². The number of amides is 1. The van der Waals surface area contributed by atoms with Crippen molar-refractivity contribution in [1.82, 2.24) is 25.0 Å². The number of carbonyl (C=O) groups excluding carboxylic acids is 1. The lowest BCUT2D eigenvalue weighted by atomic mass is 10.2. The van der Waals surface area contributed by atoms with Gasteiger partial charge in [0.15, 0.2) is 10.9 Å². The van der Waals surface area contributed by atoms with Crippen molar-refractivity contribution in [2.75, 3.05) is 5.32 Å². The van der Waals surface area contributed by atoms with Gasteiger partial charge in [-0.2, -0.15) is 0 Å². The predicted octanol–water partition coefficient (Wildman–Crippen LogP) is 3.15. The third kappa shape index (κ3) is 6.81. The van der Waals surface area contributed by atoms with Gasteiger partial charge < -0.3 is 10.1 Å². The molecule has 0 unspecified atom stereocenters.